The molecule has 0 aliphatic carbocycles. The SMILES string of the molecule is CN(C)C(=O)C1N=C(c2ccccc2)OC1c1ccccc1.Cc1ccccc1. The summed E-state index contributed by atoms with van der Waals surface area (Å²) in [7, 11) is 3.47. The van der Waals surface area contributed by atoms with Gasteiger partial charge in [-0.1, -0.05) is 84.4 Å². The van der Waals surface area contributed by atoms with Crippen LogP contribution in [0.5, 0.6) is 0 Å². The predicted octanol–water partition coefficient (Wildman–Crippen LogP) is 4.66. The Labute approximate surface area is 172 Å². The summed E-state index contributed by atoms with van der Waals surface area (Å²) in [6.07, 6.45) is -0.383. The number of aryl methyl sites for hydroxylation is 1. The van der Waals surface area contributed by atoms with Crippen molar-refractivity contribution < 1.29 is 9.53 Å². The second-order valence-corrected chi connectivity index (χ2v) is 7.08. The Morgan fingerprint density at radius 3 is 1.83 bits per heavy atom. The number of amides is 1. The highest BCUT2D eigenvalue weighted by Crippen LogP contribution is 2.31. The average molecular weight is 386 g/mol. The summed E-state index contributed by atoms with van der Waals surface area (Å²) in [4.78, 5) is 18.5. The fourth-order valence-corrected chi connectivity index (χ4v) is 3.01. The van der Waals surface area contributed by atoms with Crippen LogP contribution in [0.3, 0.4) is 0 Å². The third-order valence-corrected chi connectivity index (χ3v) is 4.56. The Hall–Kier alpha value is -3.40. The van der Waals surface area contributed by atoms with Gasteiger partial charge in [0.05, 0.1) is 0 Å². The lowest BCUT2D eigenvalue weighted by Gasteiger charge is -2.20. The highest BCUT2D eigenvalue weighted by atomic mass is 16.5. The monoisotopic (exact) mass is 386 g/mol. The molecule has 2 atom stereocenters. The summed E-state index contributed by atoms with van der Waals surface area (Å²) in [6, 6.07) is 29.1. The highest BCUT2D eigenvalue weighted by molar-refractivity contribution is 5.98. The molecule has 0 saturated heterocycles. The third kappa shape index (κ3) is 5.32. The second kappa shape index (κ2) is 9.69. The summed E-state index contributed by atoms with van der Waals surface area (Å²) in [5.74, 6) is 0.467. The molecular weight excluding hydrogens is 360 g/mol. The van der Waals surface area contributed by atoms with Gasteiger partial charge in [0.1, 0.15) is 0 Å². The second-order valence-electron chi connectivity index (χ2n) is 7.08. The van der Waals surface area contributed by atoms with Crippen molar-refractivity contribution in [1.29, 1.82) is 0 Å². The van der Waals surface area contributed by atoms with E-state index in [4.69, 9.17) is 4.74 Å². The van der Waals surface area contributed by atoms with E-state index in [0.717, 1.165) is 11.1 Å². The Kier molecular flexibility index (Phi) is 6.80. The number of ether oxygens (including phenoxy) is 1. The molecule has 3 aromatic carbocycles. The van der Waals surface area contributed by atoms with E-state index in [1.165, 1.54) is 5.56 Å². The Balaban J connectivity index is 0.000000290. The van der Waals surface area contributed by atoms with Crippen molar-refractivity contribution in [2.24, 2.45) is 4.99 Å². The molecule has 2 unspecified atom stereocenters. The summed E-state index contributed by atoms with van der Waals surface area (Å²) in [5, 5.41) is 0. The normalized spacial score (nSPS) is 17.4. The molecule has 4 nitrogen and oxygen atoms in total. The lowest BCUT2D eigenvalue weighted by atomic mass is 10.0. The maximum absolute atomic E-state index is 12.4. The summed E-state index contributed by atoms with van der Waals surface area (Å²) >= 11 is 0. The molecule has 1 aliphatic heterocycles. The molecule has 148 valence electrons. The van der Waals surface area contributed by atoms with Gasteiger partial charge in [-0.2, -0.15) is 0 Å². The minimum absolute atomic E-state index is 0.0558. The number of hydrogen-bond acceptors (Lipinski definition) is 3. The van der Waals surface area contributed by atoms with E-state index in [2.05, 4.69) is 24.0 Å². The number of rotatable bonds is 3. The van der Waals surface area contributed by atoms with Crippen molar-refractivity contribution in [3.63, 3.8) is 0 Å². The average Bonchev–Trinajstić information content (AvgIpc) is 3.21. The molecule has 1 aliphatic rings. The van der Waals surface area contributed by atoms with Crippen molar-refractivity contribution in [3.05, 3.63) is 108 Å². The zero-order chi connectivity index (χ0) is 20.6. The fraction of sp³-hybridized carbons (Fsp3) is 0.200. The molecule has 0 aromatic heterocycles. The standard InChI is InChI=1S/C18H18N2O2.C7H8/c1-20(2)18(21)15-16(13-9-5-3-6-10-13)22-17(19-15)14-11-7-4-8-12-14;1-7-5-3-2-4-6-7/h3-12,15-16H,1-2H3;2-6H,1H3. The maximum Gasteiger partial charge on any atom is 0.251 e. The van der Waals surface area contributed by atoms with Gasteiger partial charge in [-0.25, -0.2) is 4.99 Å². The van der Waals surface area contributed by atoms with E-state index < -0.39 is 6.04 Å². The smallest absolute Gasteiger partial charge is 0.251 e. The first-order valence-corrected chi connectivity index (χ1v) is 9.64. The van der Waals surface area contributed by atoms with E-state index in [1.807, 2.05) is 78.9 Å². The van der Waals surface area contributed by atoms with Gasteiger partial charge in [0.25, 0.3) is 5.91 Å². The van der Waals surface area contributed by atoms with Crippen LogP contribution < -0.4 is 0 Å². The molecule has 0 fully saturated rings. The predicted molar refractivity (Wildman–Crippen MR) is 117 cm³/mol. The molecule has 1 amide bonds. The van der Waals surface area contributed by atoms with Crippen molar-refractivity contribution in [3.8, 4) is 0 Å². The van der Waals surface area contributed by atoms with Gasteiger partial charge < -0.3 is 9.64 Å². The minimum Gasteiger partial charge on any atom is -0.466 e. The zero-order valence-electron chi connectivity index (χ0n) is 17.0. The molecule has 4 heteroatoms. The highest BCUT2D eigenvalue weighted by Gasteiger charge is 2.38. The summed E-state index contributed by atoms with van der Waals surface area (Å²) in [6.45, 7) is 2.08. The van der Waals surface area contributed by atoms with Crippen LogP contribution in [0.4, 0.5) is 0 Å². The molecule has 0 bridgehead atoms. The van der Waals surface area contributed by atoms with E-state index in [9.17, 15) is 4.79 Å². The van der Waals surface area contributed by atoms with Crippen LogP contribution in [0.2, 0.25) is 0 Å². The van der Waals surface area contributed by atoms with Crippen molar-refractivity contribution in [2.75, 3.05) is 14.1 Å². The summed E-state index contributed by atoms with van der Waals surface area (Å²) < 4.78 is 6.02. The van der Waals surface area contributed by atoms with Crippen LogP contribution in [0.1, 0.15) is 22.8 Å². The molecule has 1 heterocycles. The third-order valence-electron chi connectivity index (χ3n) is 4.56. The van der Waals surface area contributed by atoms with Crippen LogP contribution >= 0.6 is 0 Å². The maximum atomic E-state index is 12.4. The number of carbonyl (C=O) groups is 1. The first-order chi connectivity index (χ1) is 14.1. The number of likely N-dealkylation sites (N-methyl/N-ethyl adjacent to an activating group) is 1. The molecule has 0 saturated carbocycles. The number of aliphatic imine (C=N–C) groups is 1. The van der Waals surface area contributed by atoms with Crippen LogP contribution in [0.15, 0.2) is 96.0 Å². The van der Waals surface area contributed by atoms with E-state index in [0.29, 0.717) is 5.90 Å². The number of nitrogens with zero attached hydrogens (tertiary/aromatic N) is 2. The Morgan fingerprint density at radius 1 is 0.828 bits per heavy atom. The van der Waals surface area contributed by atoms with Crippen LogP contribution in [-0.2, 0) is 9.53 Å². The van der Waals surface area contributed by atoms with Gasteiger partial charge in [0.15, 0.2) is 12.1 Å². The van der Waals surface area contributed by atoms with Gasteiger partial charge in [0, 0.05) is 19.7 Å². The van der Waals surface area contributed by atoms with Gasteiger partial charge >= 0.3 is 0 Å². The largest absolute Gasteiger partial charge is 0.466 e. The molecule has 0 spiro atoms. The Bertz CT molecular complexity index is 938. The van der Waals surface area contributed by atoms with E-state index >= 15 is 0 Å². The topological polar surface area (TPSA) is 41.9 Å². The zero-order valence-corrected chi connectivity index (χ0v) is 17.0. The van der Waals surface area contributed by atoms with Crippen LogP contribution in [0, 0.1) is 6.92 Å². The molecule has 4 rings (SSSR count). The molecule has 0 N–H and O–H groups in total. The molecule has 0 radical (unpaired) electrons. The van der Waals surface area contributed by atoms with Gasteiger partial charge in [-0.3, -0.25) is 4.79 Å². The molecule has 29 heavy (non-hydrogen) atoms. The van der Waals surface area contributed by atoms with Crippen LogP contribution in [0.25, 0.3) is 0 Å². The summed E-state index contributed by atoms with van der Waals surface area (Å²) in [5.41, 5.74) is 3.16. The van der Waals surface area contributed by atoms with Crippen molar-refractivity contribution in [1.82, 2.24) is 4.90 Å². The quantitative estimate of drug-likeness (QED) is 0.657. The van der Waals surface area contributed by atoms with Crippen molar-refractivity contribution >= 4 is 11.8 Å². The van der Waals surface area contributed by atoms with Crippen LogP contribution in [-0.4, -0.2) is 36.8 Å². The first-order valence-electron chi connectivity index (χ1n) is 9.64. The fourth-order valence-electron chi connectivity index (χ4n) is 3.01. The number of benzene rings is 3. The molecule has 3 aromatic rings. The van der Waals surface area contributed by atoms with Gasteiger partial charge in [-0.05, 0) is 24.6 Å². The lowest BCUT2D eigenvalue weighted by Crippen LogP contribution is -2.35. The molecular formula is C25H26N2O2. The minimum atomic E-state index is -0.549. The Morgan fingerprint density at radius 2 is 1.34 bits per heavy atom. The van der Waals surface area contributed by atoms with E-state index in [1.54, 1.807) is 19.0 Å². The van der Waals surface area contributed by atoms with Crippen molar-refractivity contribution in [2.45, 2.75) is 19.1 Å². The lowest BCUT2D eigenvalue weighted by molar-refractivity contribution is -0.131. The van der Waals surface area contributed by atoms with Gasteiger partial charge in [-0.15, -0.1) is 0 Å². The van der Waals surface area contributed by atoms with E-state index in [-0.39, 0.29) is 12.0 Å². The number of hydrogen-bond donors (Lipinski definition) is 0. The first kappa shape index (κ1) is 20.3. The van der Waals surface area contributed by atoms with Gasteiger partial charge in [0.2, 0.25) is 5.90 Å². The number of carbonyl (C=O) groups excluding carboxylic acids is 1.